The molecule has 152 valence electrons. The molecule has 0 aliphatic carbocycles. The molecule has 0 radical (unpaired) electrons. The number of rotatable bonds is 7. The van der Waals surface area contributed by atoms with Gasteiger partial charge in [-0.15, -0.1) is 11.3 Å². The maximum Gasteiger partial charge on any atom is 0.265 e. The maximum absolute atomic E-state index is 13.0. The Morgan fingerprint density at radius 3 is 2.57 bits per heavy atom. The molecule has 0 spiro atoms. The molecule has 5 nitrogen and oxygen atoms in total. The Hall–Kier alpha value is -2.08. The van der Waals surface area contributed by atoms with Crippen LogP contribution >= 0.6 is 11.3 Å². The lowest BCUT2D eigenvalue weighted by molar-refractivity contribution is 0.0593. The first kappa shape index (κ1) is 20.6. The average Bonchev–Trinajstić information content (AvgIpc) is 3.03. The second-order valence-corrected chi connectivity index (χ2v) is 8.69. The number of thiazole rings is 1. The number of aryl methyl sites for hydroxylation is 1. The van der Waals surface area contributed by atoms with Crippen molar-refractivity contribution in [3.05, 3.63) is 39.8 Å². The molecule has 3 rings (SSSR count). The van der Waals surface area contributed by atoms with Crippen molar-refractivity contribution in [2.75, 3.05) is 19.7 Å². The molecule has 1 aliphatic rings. The minimum atomic E-state index is 0.102. The van der Waals surface area contributed by atoms with Crippen molar-refractivity contribution in [2.45, 2.75) is 53.1 Å². The number of piperidine rings is 1. The minimum Gasteiger partial charge on any atom is -0.490 e. The third kappa shape index (κ3) is 5.04. The molecule has 1 aliphatic heterocycles. The predicted molar refractivity (Wildman–Crippen MR) is 113 cm³/mol. The number of para-hydroxylation sites is 2. The number of nitrogens with zero attached hydrogens (tertiary/aromatic N) is 2. The van der Waals surface area contributed by atoms with E-state index in [9.17, 15) is 4.79 Å². The fraction of sp³-hybridized carbons (Fsp3) is 0.545. The number of hydrogen-bond donors (Lipinski definition) is 0. The summed E-state index contributed by atoms with van der Waals surface area (Å²) in [5.41, 5.74) is 0.856. The van der Waals surface area contributed by atoms with E-state index >= 15 is 0 Å². The first-order valence-corrected chi connectivity index (χ1v) is 10.9. The third-order valence-corrected chi connectivity index (χ3v) is 5.96. The van der Waals surface area contributed by atoms with Crippen molar-refractivity contribution in [3.8, 4) is 11.5 Å². The van der Waals surface area contributed by atoms with Crippen molar-refractivity contribution >= 4 is 17.2 Å². The molecule has 1 fully saturated rings. The minimum absolute atomic E-state index is 0.102. The molecule has 28 heavy (non-hydrogen) atoms. The molecule has 0 bridgehead atoms. The van der Waals surface area contributed by atoms with Gasteiger partial charge in [0.25, 0.3) is 5.91 Å². The predicted octanol–water partition coefficient (Wildman–Crippen LogP) is 4.73. The van der Waals surface area contributed by atoms with Gasteiger partial charge in [0.05, 0.1) is 17.3 Å². The molecule has 1 aromatic carbocycles. The van der Waals surface area contributed by atoms with Gasteiger partial charge in [-0.05, 0) is 31.9 Å². The summed E-state index contributed by atoms with van der Waals surface area (Å²) < 4.78 is 11.8. The first-order chi connectivity index (χ1) is 13.5. The van der Waals surface area contributed by atoms with Crippen LogP contribution < -0.4 is 9.47 Å². The Kier molecular flexibility index (Phi) is 6.94. The molecule has 0 saturated carbocycles. The summed E-state index contributed by atoms with van der Waals surface area (Å²) in [5, 5.41) is 1.06. The lowest BCUT2D eigenvalue weighted by atomic mass is 10.1. The molecular weight excluding hydrogens is 372 g/mol. The van der Waals surface area contributed by atoms with Crippen molar-refractivity contribution in [1.82, 2.24) is 9.88 Å². The van der Waals surface area contributed by atoms with Gasteiger partial charge in [-0.1, -0.05) is 26.0 Å². The number of carbonyl (C=O) groups is 1. The number of amides is 1. The van der Waals surface area contributed by atoms with Gasteiger partial charge in [0.15, 0.2) is 11.5 Å². The van der Waals surface area contributed by atoms with E-state index in [0.717, 1.165) is 46.3 Å². The second kappa shape index (κ2) is 9.41. The molecule has 1 saturated heterocycles. The standard InChI is InChI=1S/C22H30N2O3S/c1-5-26-18-8-6-7-9-19(18)27-17-10-12-24(13-11-17)22(25)21-16(4)23-20(28-21)14-15(2)3/h6-9,15,17H,5,10-14H2,1-4H3. The van der Waals surface area contributed by atoms with Crippen LogP contribution in [0.15, 0.2) is 24.3 Å². The number of benzene rings is 1. The Bertz CT molecular complexity index is 795. The molecule has 2 aromatic rings. The smallest absolute Gasteiger partial charge is 0.265 e. The molecular formula is C22H30N2O3S. The summed E-state index contributed by atoms with van der Waals surface area (Å²) in [4.78, 5) is 20.3. The highest BCUT2D eigenvalue weighted by molar-refractivity contribution is 7.13. The van der Waals surface area contributed by atoms with Gasteiger partial charge < -0.3 is 14.4 Å². The first-order valence-electron chi connectivity index (χ1n) is 10.1. The van der Waals surface area contributed by atoms with Crippen LogP contribution in [-0.4, -0.2) is 41.6 Å². The summed E-state index contributed by atoms with van der Waals surface area (Å²) in [6.07, 6.45) is 2.67. The molecule has 0 N–H and O–H groups in total. The molecule has 0 unspecified atom stereocenters. The number of ether oxygens (including phenoxy) is 2. The fourth-order valence-corrected chi connectivity index (χ4v) is 4.65. The summed E-state index contributed by atoms with van der Waals surface area (Å²) in [6.45, 7) is 10.3. The van der Waals surface area contributed by atoms with Gasteiger partial charge in [-0.2, -0.15) is 0 Å². The SMILES string of the molecule is CCOc1ccccc1OC1CCN(C(=O)c2sc(CC(C)C)nc2C)CC1. The lowest BCUT2D eigenvalue weighted by Crippen LogP contribution is -2.41. The quantitative estimate of drug-likeness (QED) is 0.672. The number of carbonyl (C=O) groups excluding carboxylic acids is 1. The number of likely N-dealkylation sites (tertiary alicyclic amines) is 1. The van der Waals surface area contributed by atoms with Crippen molar-refractivity contribution in [3.63, 3.8) is 0 Å². The van der Waals surface area contributed by atoms with Crippen LogP contribution in [-0.2, 0) is 6.42 Å². The van der Waals surface area contributed by atoms with Crippen LogP contribution in [0, 0.1) is 12.8 Å². The van der Waals surface area contributed by atoms with E-state index in [1.54, 1.807) is 11.3 Å². The Morgan fingerprint density at radius 2 is 1.93 bits per heavy atom. The molecule has 1 aromatic heterocycles. The lowest BCUT2D eigenvalue weighted by Gasteiger charge is -2.32. The highest BCUT2D eigenvalue weighted by Crippen LogP contribution is 2.30. The number of hydrogen-bond acceptors (Lipinski definition) is 5. The largest absolute Gasteiger partial charge is 0.490 e. The van der Waals surface area contributed by atoms with Crippen molar-refractivity contribution in [1.29, 1.82) is 0 Å². The van der Waals surface area contributed by atoms with Crippen LogP contribution in [0.2, 0.25) is 0 Å². The van der Waals surface area contributed by atoms with Crippen LogP contribution in [0.1, 0.15) is 54.0 Å². The second-order valence-electron chi connectivity index (χ2n) is 7.61. The fourth-order valence-electron chi connectivity index (χ4n) is 3.41. The topological polar surface area (TPSA) is 51.7 Å². The maximum atomic E-state index is 13.0. The molecule has 6 heteroatoms. The monoisotopic (exact) mass is 402 g/mol. The highest BCUT2D eigenvalue weighted by Gasteiger charge is 2.27. The van der Waals surface area contributed by atoms with E-state index in [-0.39, 0.29) is 12.0 Å². The summed E-state index contributed by atoms with van der Waals surface area (Å²) >= 11 is 1.55. The molecule has 1 amide bonds. The van der Waals surface area contributed by atoms with Crippen molar-refractivity contribution in [2.24, 2.45) is 5.92 Å². The van der Waals surface area contributed by atoms with E-state index in [2.05, 4.69) is 18.8 Å². The molecule has 2 heterocycles. The van der Waals surface area contributed by atoms with Crippen LogP contribution in [0.25, 0.3) is 0 Å². The third-order valence-electron chi connectivity index (χ3n) is 4.79. The van der Waals surface area contributed by atoms with Gasteiger partial charge in [-0.25, -0.2) is 4.98 Å². The number of aromatic nitrogens is 1. The van der Waals surface area contributed by atoms with Crippen LogP contribution in [0.4, 0.5) is 0 Å². The van der Waals surface area contributed by atoms with E-state index in [1.807, 2.05) is 43.0 Å². The van der Waals surface area contributed by atoms with Gasteiger partial charge in [0.2, 0.25) is 0 Å². The van der Waals surface area contributed by atoms with E-state index < -0.39 is 0 Å². The van der Waals surface area contributed by atoms with Gasteiger partial charge in [0, 0.05) is 32.4 Å². The molecule has 0 atom stereocenters. The summed E-state index contributed by atoms with van der Waals surface area (Å²) in [7, 11) is 0. The van der Waals surface area contributed by atoms with Gasteiger partial charge in [-0.3, -0.25) is 4.79 Å². The zero-order chi connectivity index (χ0) is 20.1. The van der Waals surface area contributed by atoms with E-state index in [4.69, 9.17) is 9.47 Å². The zero-order valence-electron chi connectivity index (χ0n) is 17.2. The van der Waals surface area contributed by atoms with Crippen molar-refractivity contribution < 1.29 is 14.3 Å². The van der Waals surface area contributed by atoms with E-state index in [1.165, 1.54) is 0 Å². The van der Waals surface area contributed by atoms with Gasteiger partial charge >= 0.3 is 0 Å². The Balaban J connectivity index is 1.58. The van der Waals surface area contributed by atoms with Gasteiger partial charge in [0.1, 0.15) is 11.0 Å². The Morgan fingerprint density at radius 1 is 1.25 bits per heavy atom. The Labute approximate surface area is 171 Å². The summed E-state index contributed by atoms with van der Waals surface area (Å²) in [6, 6.07) is 7.78. The summed E-state index contributed by atoms with van der Waals surface area (Å²) in [5.74, 6) is 2.21. The highest BCUT2D eigenvalue weighted by atomic mass is 32.1. The van der Waals surface area contributed by atoms with E-state index in [0.29, 0.717) is 25.6 Å². The average molecular weight is 403 g/mol. The van der Waals surface area contributed by atoms with Crippen LogP contribution in [0.3, 0.4) is 0 Å². The normalized spacial score (nSPS) is 15.1. The zero-order valence-corrected chi connectivity index (χ0v) is 18.1. The van der Waals surface area contributed by atoms with Crippen LogP contribution in [0.5, 0.6) is 11.5 Å².